The predicted octanol–water partition coefficient (Wildman–Crippen LogP) is 4.40. The topological polar surface area (TPSA) is 0 Å². The number of benzene rings is 1. The van der Waals surface area contributed by atoms with Crippen molar-refractivity contribution in [1.29, 1.82) is 0 Å². The molecule has 0 N–H and O–H groups in total. The first-order valence-corrected chi connectivity index (χ1v) is 4.33. The van der Waals surface area contributed by atoms with Gasteiger partial charge < -0.3 is 0 Å². The summed E-state index contributed by atoms with van der Waals surface area (Å²) in [6.45, 7) is 3.26. The van der Waals surface area contributed by atoms with Crippen LogP contribution in [0.2, 0.25) is 5.02 Å². The fraction of sp³-hybridized carbons (Fsp3) is 0. The van der Waals surface area contributed by atoms with Crippen molar-refractivity contribution in [1.82, 2.24) is 0 Å². The average Bonchev–Trinajstić information content (AvgIpc) is 2.08. The summed E-state index contributed by atoms with van der Waals surface area (Å²) in [5, 5.41) is 0.357. The standard InChI is InChI=1S/C10H7Cl2F/c1-7(11)10(13)6-8-4-2-3-5-9(8)12/h2-6H,1H2. The maximum absolute atomic E-state index is 13.0. The summed E-state index contributed by atoms with van der Waals surface area (Å²) < 4.78 is 13.0. The van der Waals surface area contributed by atoms with Gasteiger partial charge in [0.15, 0.2) is 0 Å². The minimum atomic E-state index is -0.574. The largest absolute Gasteiger partial charge is 0.205 e. The molecule has 3 heteroatoms. The highest BCUT2D eigenvalue weighted by atomic mass is 35.5. The first-order chi connectivity index (χ1) is 6.11. The number of allylic oxidation sites excluding steroid dienone is 2. The lowest BCUT2D eigenvalue weighted by molar-refractivity contribution is 0.670. The lowest BCUT2D eigenvalue weighted by atomic mass is 10.2. The average molecular weight is 217 g/mol. The molecule has 1 rings (SSSR count). The smallest absolute Gasteiger partial charge is 0.141 e. The Morgan fingerprint density at radius 3 is 2.54 bits per heavy atom. The van der Waals surface area contributed by atoms with Crippen LogP contribution >= 0.6 is 23.2 Å². The third kappa shape index (κ3) is 2.87. The van der Waals surface area contributed by atoms with Gasteiger partial charge in [-0.3, -0.25) is 0 Å². The Bertz CT molecular complexity index is 356. The van der Waals surface area contributed by atoms with E-state index in [1.54, 1.807) is 24.3 Å². The van der Waals surface area contributed by atoms with Gasteiger partial charge >= 0.3 is 0 Å². The maximum Gasteiger partial charge on any atom is 0.141 e. The summed E-state index contributed by atoms with van der Waals surface area (Å²) in [5.74, 6) is -0.574. The molecular formula is C10H7Cl2F. The third-order valence-electron chi connectivity index (χ3n) is 1.45. The molecule has 0 radical (unpaired) electrons. The Morgan fingerprint density at radius 2 is 2.00 bits per heavy atom. The van der Waals surface area contributed by atoms with E-state index in [-0.39, 0.29) is 5.03 Å². The Hall–Kier alpha value is -0.790. The molecule has 0 aliphatic carbocycles. The first-order valence-electron chi connectivity index (χ1n) is 3.58. The monoisotopic (exact) mass is 216 g/mol. The van der Waals surface area contributed by atoms with Gasteiger partial charge in [-0.05, 0) is 17.7 Å². The van der Waals surface area contributed by atoms with Crippen LogP contribution in [0.4, 0.5) is 4.39 Å². The molecule has 0 unspecified atom stereocenters. The molecule has 1 aromatic rings. The number of halogens is 3. The van der Waals surface area contributed by atoms with Gasteiger partial charge in [0.05, 0.1) is 5.03 Å². The second-order valence-electron chi connectivity index (χ2n) is 2.42. The highest BCUT2D eigenvalue weighted by Crippen LogP contribution is 2.22. The quantitative estimate of drug-likeness (QED) is 0.644. The summed E-state index contributed by atoms with van der Waals surface area (Å²) in [7, 11) is 0. The van der Waals surface area contributed by atoms with E-state index in [1.807, 2.05) is 0 Å². The van der Waals surface area contributed by atoms with Gasteiger partial charge in [-0.1, -0.05) is 48.0 Å². The van der Waals surface area contributed by atoms with Gasteiger partial charge in [0, 0.05) is 5.02 Å². The SMILES string of the molecule is C=C(Cl)C(F)=Cc1ccccc1Cl. The molecule has 0 saturated heterocycles. The Morgan fingerprint density at radius 1 is 1.38 bits per heavy atom. The minimum absolute atomic E-state index is 0.125. The second kappa shape index (κ2) is 4.45. The van der Waals surface area contributed by atoms with Crippen LogP contribution in [0.3, 0.4) is 0 Å². The summed E-state index contributed by atoms with van der Waals surface area (Å²) >= 11 is 11.1. The molecule has 1 aromatic carbocycles. The van der Waals surface area contributed by atoms with E-state index in [0.717, 1.165) is 0 Å². The van der Waals surface area contributed by atoms with Crippen molar-refractivity contribution in [2.24, 2.45) is 0 Å². The van der Waals surface area contributed by atoms with Crippen LogP contribution in [-0.2, 0) is 0 Å². The van der Waals surface area contributed by atoms with Gasteiger partial charge in [-0.2, -0.15) is 0 Å². The molecule has 0 aromatic heterocycles. The maximum atomic E-state index is 13.0. The minimum Gasteiger partial charge on any atom is -0.205 e. The lowest BCUT2D eigenvalue weighted by Crippen LogP contribution is -1.76. The molecule has 0 amide bonds. The zero-order chi connectivity index (χ0) is 9.84. The lowest BCUT2D eigenvalue weighted by Gasteiger charge is -1.97. The molecule has 0 nitrogen and oxygen atoms in total. The van der Waals surface area contributed by atoms with Gasteiger partial charge in [-0.15, -0.1) is 0 Å². The number of hydrogen-bond acceptors (Lipinski definition) is 0. The van der Waals surface area contributed by atoms with Crippen molar-refractivity contribution in [3.63, 3.8) is 0 Å². The fourth-order valence-electron chi connectivity index (χ4n) is 0.807. The molecule has 13 heavy (non-hydrogen) atoms. The Balaban J connectivity index is 3.04. The van der Waals surface area contributed by atoms with E-state index in [2.05, 4.69) is 6.58 Å². The van der Waals surface area contributed by atoms with Crippen LogP contribution in [0.5, 0.6) is 0 Å². The normalized spacial score (nSPS) is 11.5. The Labute approximate surface area is 86.3 Å². The van der Waals surface area contributed by atoms with E-state index in [9.17, 15) is 4.39 Å². The highest BCUT2D eigenvalue weighted by Gasteiger charge is 2.00. The third-order valence-corrected chi connectivity index (χ3v) is 1.97. The molecule has 0 saturated carbocycles. The van der Waals surface area contributed by atoms with Crippen LogP contribution in [0, 0.1) is 0 Å². The van der Waals surface area contributed by atoms with Crippen LogP contribution in [0.1, 0.15) is 5.56 Å². The van der Waals surface area contributed by atoms with Crippen molar-refractivity contribution >= 4 is 29.3 Å². The summed E-state index contributed by atoms with van der Waals surface area (Å²) in [6.07, 6.45) is 1.25. The number of hydrogen-bond donors (Lipinski definition) is 0. The van der Waals surface area contributed by atoms with Gasteiger partial charge in [0.1, 0.15) is 5.83 Å². The number of rotatable bonds is 2. The van der Waals surface area contributed by atoms with Crippen LogP contribution in [0.25, 0.3) is 6.08 Å². The first kappa shape index (κ1) is 10.3. The van der Waals surface area contributed by atoms with Crippen LogP contribution in [0.15, 0.2) is 41.7 Å². The molecule has 0 aliphatic heterocycles. The van der Waals surface area contributed by atoms with Crippen molar-refractivity contribution in [3.05, 3.63) is 52.3 Å². The van der Waals surface area contributed by atoms with Crippen LogP contribution in [-0.4, -0.2) is 0 Å². The van der Waals surface area contributed by atoms with E-state index in [4.69, 9.17) is 23.2 Å². The van der Waals surface area contributed by atoms with Gasteiger partial charge in [0.25, 0.3) is 0 Å². The molecule has 0 fully saturated rings. The molecule has 0 atom stereocenters. The van der Waals surface area contributed by atoms with Crippen molar-refractivity contribution in [2.75, 3.05) is 0 Å². The van der Waals surface area contributed by atoms with E-state index in [0.29, 0.717) is 10.6 Å². The van der Waals surface area contributed by atoms with E-state index >= 15 is 0 Å². The van der Waals surface area contributed by atoms with Crippen LogP contribution < -0.4 is 0 Å². The fourth-order valence-corrected chi connectivity index (χ4v) is 1.05. The summed E-state index contributed by atoms with van der Waals surface area (Å²) in [6, 6.07) is 6.91. The molecule has 0 bridgehead atoms. The second-order valence-corrected chi connectivity index (χ2v) is 3.28. The molecular weight excluding hydrogens is 210 g/mol. The van der Waals surface area contributed by atoms with E-state index in [1.165, 1.54) is 6.08 Å². The van der Waals surface area contributed by atoms with Crippen molar-refractivity contribution in [2.45, 2.75) is 0 Å². The van der Waals surface area contributed by atoms with Gasteiger partial charge in [0.2, 0.25) is 0 Å². The molecule has 0 aliphatic rings. The Kier molecular flexibility index (Phi) is 3.52. The molecule has 68 valence electrons. The summed E-state index contributed by atoms with van der Waals surface area (Å²) in [4.78, 5) is 0. The summed E-state index contributed by atoms with van der Waals surface area (Å²) in [5.41, 5.74) is 0.587. The van der Waals surface area contributed by atoms with Crippen molar-refractivity contribution in [3.8, 4) is 0 Å². The zero-order valence-corrected chi connectivity index (χ0v) is 8.24. The molecule has 0 spiro atoms. The predicted molar refractivity (Wildman–Crippen MR) is 55.5 cm³/mol. The molecule has 0 heterocycles. The van der Waals surface area contributed by atoms with Crippen molar-refractivity contribution < 1.29 is 4.39 Å². The van der Waals surface area contributed by atoms with E-state index < -0.39 is 5.83 Å². The highest BCUT2D eigenvalue weighted by molar-refractivity contribution is 6.33. The zero-order valence-electron chi connectivity index (χ0n) is 6.73. The van der Waals surface area contributed by atoms with Gasteiger partial charge in [-0.25, -0.2) is 4.39 Å².